The maximum absolute atomic E-state index is 12.2. The van der Waals surface area contributed by atoms with Crippen molar-refractivity contribution in [3.05, 3.63) is 57.3 Å². The van der Waals surface area contributed by atoms with Gasteiger partial charge in [0, 0.05) is 30.5 Å². The van der Waals surface area contributed by atoms with Gasteiger partial charge in [0.05, 0.1) is 12.0 Å². The summed E-state index contributed by atoms with van der Waals surface area (Å²) in [5, 5.41) is 2.89. The van der Waals surface area contributed by atoms with Crippen LogP contribution in [-0.2, 0) is 11.2 Å². The third-order valence-corrected chi connectivity index (χ3v) is 3.85. The molecule has 0 aliphatic rings. The summed E-state index contributed by atoms with van der Waals surface area (Å²) in [5.41, 5.74) is 1.78. The second-order valence-electron chi connectivity index (χ2n) is 5.11. The van der Waals surface area contributed by atoms with E-state index in [1.165, 1.54) is 11.1 Å². The van der Waals surface area contributed by atoms with Crippen molar-refractivity contribution in [1.29, 1.82) is 0 Å². The Kier molecular flexibility index (Phi) is 5.74. The second kappa shape index (κ2) is 7.57. The summed E-state index contributed by atoms with van der Waals surface area (Å²) in [5.74, 6) is -0.324. The smallest absolute Gasteiger partial charge is 0.258 e. The van der Waals surface area contributed by atoms with Crippen LogP contribution in [0.2, 0.25) is 5.15 Å². The number of hydrogen-bond acceptors (Lipinski definition) is 3. The summed E-state index contributed by atoms with van der Waals surface area (Å²) in [7, 11) is 3.43. The summed E-state index contributed by atoms with van der Waals surface area (Å²) < 4.78 is 0.671. The van der Waals surface area contributed by atoms with E-state index >= 15 is 0 Å². The van der Waals surface area contributed by atoms with E-state index in [-0.39, 0.29) is 22.5 Å². The number of aromatic nitrogens is 1. The first-order valence-electron chi connectivity index (χ1n) is 6.78. The number of benzene rings is 1. The first kappa shape index (κ1) is 17.4. The van der Waals surface area contributed by atoms with E-state index in [1.54, 1.807) is 44.4 Å². The monoisotopic (exact) mass is 395 g/mol. The lowest BCUT2D eigenvalue weighted by molar-refractivity contribution is -0.127. The van der Waals surface area contributed by atoms with E-state index in [2.05, 4.69) is 26.2 Å². The molecule has 0 radical (unpaired) electrons. The Morgan fingerprint density at radius 1 is 1.26 bits per heavy atom. The first-order valence-corrected chi connectivity index (χ1v) is 7.95. The molecule has 1 aromatic heterocycles. The lowest BCUT2D eigenvalue weighted by Crippen LogP contribution is -2.23. The molecule has 0 fully saturated rings. The number of carbonyl (C=O) groups excluding carboxylic acids is 2. The predicted molar refractivity (Wildman–Crippen MR) is 93.7 cm³/mol. The van der Waals surface area contributed by atoms with Crippen LogP contribution in [0.1, 0.15) is 15.9 Å². The van der Waals surface area contributed by atoms with E-state index in [9.17, 15) is 9.59 Å². The van der Waals surface area contributed by atoms with Crippen molar-refractivity contribution in [3.8, 4) is 0 Å². The highest BCUT2D eigenvalue weighted by molar-refractivity contribution is 9.10. The second-order valence-corrected chi connectivity index (χ2v) is 6.38. The quantitative estimate of drug-likeness (QED) is 0.806. The molecular weight excluding hydrogens is 382 g/mol. The molecule has 0 bridgehead atoms. The fourth-order valence-corrected chi connectivity index (χ4v) is 2.34. The zero-order valence-corrected chi connectivity index (χ0v) is 15.0. The summed E-state index contributed by atoms with van der Waals surface area (Å²) in [4.78, 5) is 29.3. The van der Waals surface area contributed by atoms with Crippen molar-refractivity contribution in [2.75, 3.05) is 19.4 Å². The molecule has 0 aliphatic heterocycles. The van der Waals surface area contributed by atoms with Crippen molar-refractivity contribution in [3.63, 3.8) is 0 Å². The summed E-state index contributed by atoms with van der Waals surface area (Å²) in [6.45, 7) is 0. The van der Waals surface area contributed by atoms with Gasteiger partial charge in [-0.15, -0.1) is 0 Å². The number of amides is 2. The number of rotatable bonds is 4. The van der Waals surface area contributed by atoms with Gasteiger partial charge in [0.1, 0.15) is 5.15 Å². The van der Waals surface area contributed by atoms with E-state index < -0.39 is 0 Å². The minimum atomic E-state index is -0.346. The van der Waals surface area contributed by atoms with Gasteiger partial charge in [0.15, 0.2) is 0 Å². The molecule has 23 heavy (non-hydrogen) atoms. The molecule has 120 valence electrons. The number of nitrogens with one attached hydrogen (secondary N) is 1. The SMILES string of the molecule is CN(C)C(=O)Cc1ccc(NC(=O)c2cc(Br)cnc2Cl)cc1. The molecule has 1 aromatic carbocycles. The van der Waals surface area contributed by atoms with Crippen LogP contribution >= 0.6 is 27.5 Å². The van der Waals surface area contributed by atoms with Crippen LogP contribution in [-0.4, -0.2) is 35.8 Å². The van der Waals surface area contributed by atoms with E-state index in [4.69, 9.17) is 11.6 Å². The highest BCUT2D eigenvalue weighted by Crippen LogP contribution is 2.20. The standard InChI is InChI=1S/C16H15BrClN3O2/c1-21(2)14(22)7-10-3-5-12(6-4-10)20-16(23)13-8-11(17)9-19-15(13)18/h3-6,8-9H,7H2,1-2H3,(H,20,23). The van der Waals surface area contributed by atoms with Crippen LogP contribution in [0.4, 0.5) is 5.69 Å². The fourth-order valence-electron chi connectivity index (χ4n) is 1.82. The number of halogens is 2. The Morgan fingerprint density at radius 3 is 2.52 bits per heavy atom. The van der Waals surface area contributed by atoms with E-state index in [0.717, 1.165) is 5.56 Å². The van der Waals surface area contributed by atoms with Crippen molar-refractivity contribution in [2.45, 2.75) is 6.42 Å². The van der Waals surface area contributed by atoms with Crippen molar-refractivity contribution < 1.29 is 9.59 Å². The highest BCUT2D eigenvalue weighted by Gasteiger charge is 2.12. The molecule has 2 aromatic rings. The molecular formula is C16H15BrClN3O2. The third kappa shape index (κ3) is 4.77. The van der Waals surface area contributed by atoms with Gasteiger partial charge < -0.3 is 10.2 Å². The van der Waals surface area contributed by atoms with Gasteiger partial charge in [-0.05, 0) is 39.7 Å². The van der Waals surface area contributed by atoms with Gasteiger partial charge in [-0.1, -0.05) is 23.7 Å². The lowest BCUT2D eigenvalue weighted by atomic mass is 10.1. The summed E-state index contributed by atoms with van der Waals surface area (Å²) in [6.07, 6.45) is 1.85. The maximum Gasteiger partial charge on any atom is 0.258 e. The Labute approximate surface area is 147 Å². The zero-order chi connectivity index (χ0) is 17.0. The van der Waals surface area contributed by atoms with Crippen LogP contribution in [0.25, 0.3) is 0 Å². The molecule has 0 aliphatic carbocycles. The van der Waals surface area contributed by atoms with Gasteiger partial charge in [0.2, 0.25) is 5.91 Å². The molecule has 2 amide bonds. The maximum atomic E-state index is 12.2. The van der Waals surface area contributed by atoms with E-state index in [0.29, 0.717) is 16.6 Å². The molecule has 5 nitrogen and oxygen atoms in total. The number of carbonyl (C=O) groups is 2. The van der Waals surface area contributed by atoms with Crippen molar-refractivity contribution >= 4 is 45.0 Å². The van der Waals surface area contributed by atoms with Gasteiger partial charge in [0.25, 0.3) is 5.91 Å². The Balaban J connectivity index is 2.07. The van der Waals surface area contributed by atoms with Crippen LogP contribution in [0.15, 0.2) is 41.0 Å². The lowest BCUT2D eigenvalue weighted by Gasteiger charge is -2.11. The van der Waals surface area contributed by atoms with Crippen LogP contribution in [0, 0.1) is 0 Å². The summed E-state index contributed by atoms with van der Waals surface area (Å²) in [6, 6.07) is 8.70. The average molecular weight is 397 g/mol. The zero-order valence-electron chi connectivity index (χ0n) is 12.6. The van der Waals surface area contributed by atoms with Crippen molar-refractivity contribution in [1.82, 2.24) is 9.88 Å². The van der Waals surface area contributed by atoms with E-state index in [1.807, 2.05) is 0 Å². The Morgan fingerprint density at radius 2 is 1.91 bits per heavy atom. The van der Waals surface area contributed by atoms with Crippen molar-refractivity contribution in [2.24, 2.45) is 0 Å². The first-order chi connectivity index (χ1) is 10.9. The number of nitrogens with zero attached hydrogens (tertiary/aromatic N) is 2. The topological polar surface area (TPSA) is 62.3 Å². The number of hydrogen-bond donors (Lipinski definition) is 1. The minimum Gasteiger partial charge on any atom is -0.349 e. The fraction of sp³-hybridized carbons (Fsp3) is 0.188. The summed E-state index contributed by atoms with van der Waals surface area (Å²) >= 11 is 9.19. The molecule has 1 N–H and O–H groups in total. The molecule has 0 atom stereocenters. The number of pyridine rings is 1. The van der Waals surface area contributed by atoms with Gasteiger partial charge in [-0.2, -0.15) is 0 Å². The van der Waals surface area contributed by atoms with Crippen LogP contribution < -0.4 is 5.32 Å². The van der Waals surface area contributed by atoms with Crippen LogP contribution in [0.5, 0.6) is 0 Å². The molecule has 0 unspecified atom stereocenters. The normalized spacial score (nSPS) is 10.3. The largest absolute Gasteiger partial charge is 0.349 e. The van der Waals surface area contributed by atoms with Gasteiger partial charge >= 0.3 is 0 Å². The van der Waals surface area contributed by atoms with Gasteiger partial charge in [-0.25, -0.2) is 4.98 Å². The highest BCUT2D eigenvalue weighted by atomic mass is 79.9. The van der Waals surface area contributed by atoms with Gasteiger partial charge in [-0.3, -0.25) is 9.59 Å². The molecule has 0 spiro atoms. The Bertz CT molecular complexity index is 733. The Hall–Kier alpha value is -1.92. The average Bonchev–Trinajstić information content (AvgIpc) is 2.51. The third-order valence-electron chi connectivity index (χ3n) is 3.12. The molecule has 7 heteroatoms. The number of likely N-dealkylation sites (N-methyl/N-ethyl adjacent to an activating group) is 1. The minimum absolute atomic E-state index is 0.0220. The molecule has 1 heterocycles. The van der Waals surface area contributed by atoms with Crippen LogP contribution in [0.3, 0.4) is 0 Å². The molecule has 2 rings (SSSR count). The molecule has 0 saturated heterocycles. The predicted octanol–water partition coefficient (Wildman–Crippen LogP) is 3.38. The number of anilines is 1. The molecule has 0 saturated carbocycles.